The molecule has 1 amide bonds. The van der Waals surface area contributed by atoms with E-state index < -0.39 is 4.92 Å². The van der Waals surface area contributed by atoms with Gasteiger partial charge in [0.1, 0.15) is 0 Å². The number of nitrogens with zero attached hydrogens (tertiary/aromatic N) is 3. The number of hydrogen-bond acceptors (Lipinski definition) is 5. The summed E-state index contributed by atoms with van der Waals surface area (Å²) in [6.45, 7) is 4.52. The van der Waals surface area contributed by atoms with Crippen LogP contribution in [0.5, 0.6) is 0 Å². The summed E-state index contributed by atoms with van der Waals surface area (Å²) in [5.41, 5.74) is 2.37. The number of carbonyl (C=O) groups excluding carboxylic acids is 1. The Labute approximate surface area is 152 Å². The van der Waals surface area contributed by atoms with Gasteiger partial charge in [-0.05, 0) is 30.8 Å². The lowest BCUT2D eigenvalue weighted by Gasteiger charge is -2.34. The van der Waals surface area contributed by atoms with Crippen molar-refractivity contribution in [3.05, 3.63) is 69.8 Å². The van der Waals surface area contributed by atoms with E-state index in [1.165, 1.54) is 23.9 Å². The van der Waals surface area contributed by atoms with Crippen LogP contribution >= 0.6 is 0 Å². The predicted octanol–water partition coefficient (Wildman–Crippen LogP) is 2.28. The van der Waals surface area contributed by atoms with Crippen LogP contribution in [0.3, 0.4) is 0 Å². The van der Waals surface area contributed by atoms with E-state index in [-0.39, 0.29) is 17.2 Å². The normalized spacial score (nSPS) is 14.9. The first-order valence-electron chi connectivity index (χ1n) is 8.58. The molecule has 1 aliphatic heterocycles. The molecule has 0 radical (unpaired) electrons. The first-order valence-corrected chi connectivity index (χ1v) is 8.58. The number of nitro groups is 1. The van der Waals surface area contributed by atoms with E-state index in [1.807, 2.05) is 12.1 Å². The second kappa shape index (κ2) is 7.97. The number of carbonyl (C=O) groups is 1. The second-order valence-electron chi connectivity index (χ2n) is 6.45. The Morgan fingerprint density at radius 3 is 2.46 bits per heavy atom. The van der Waals surface area contributed by atoms with Crippen molar-refractivity contribution in [2.45, 2.75) is 6.54 Å². The lowest BCUT2D eigenvalue weighted by molar-refractivity contribution is -0.384. The zero-order valence-corrected chi connectivity index (χ0v) is 14.7. The van der Waals surface area contributed by atoms with Crippen LogP contribution in [0, 0.1) is 10.1 Å². The summed E-state index contributed by atoms with van der Waals surface area (Å²) in [5, 5.41) is 13.6. The van der Waals surface area contributed by atoms with Crippen LogP contribution in [-0.2, 0) is 6.54 Å². The Bertz CT molecular complexity index is 784. The van der Waals surface area contributed by atoms with Gasteiger partial charge < -0.3 is 15.1 Å². The van der Waals surface area contributed by atoms with Crippen LogP contribution in [0.4, 0.5) is 11.4 Å². The molecule has 0 aliphatic carbocycles. The van der Waals surface area contributed by atoms with E-state index in [2.05, 4.69) is 34.3 Å². The van der Waals surface area contributed by atoms with Gasteiger partial charge in [0, 0.05) is 56.1 Å². The van der Waals surface area contributed by atoms with Crippen molar-refractivity contribution in [1.82, 2.24) is 10.2 Å². The monoisotopic (exact) mass is 354 g/mol. The molecule has 1 N–H and O–H groups in total. The summed E-state index contributed by atoms with van der Waals surface area (Å²) in [7, 11) is 2.13. The van der Waals surface area contributed by atoms with Gasteiger partial charge in [0.15, 0.2) is 0 Å². The number of amides is 1. The lowest BCUT2D eigenvalue weighted by Crippen LogP contribution is -2.44. The molecule has 0 aromatic heterocycles. The van der Waals surface area contributed by atoms with Gasteiger partial charge in [-0.25, -0.2) is 0 Å². The quantitative estimate of drug-likeness (QED) is 0.658. The number of likely N-dealkylation sites (N-methyl/N-ethyl adjacent to an activating group) is 1. The van der Waals surface area contributed by atoms with Crippen LogP contribution in [0.1, 0.15) is 15.9 Å². The van der Waals surface area contributed by atoms with Crippen LogP contribution in [0.15, 0.2) is 48.5 Å². The van der Waals surface area contributed by atoms with Gasteiger partial charge in [0.2, 0.25) is 0 Å². The van der Waals surface area contributed by atoms with Crippen LogP contribution in [0.25, 0.3) is 0 Å². The molecule has 1 fully saturated rings. The molecule has 1 saturated heterocycles. The minimum atomic E-state index is -0.506. The van der Waals surface area contributed by atoms with Gasteiger partial charge >= 0.3 is 0 Å². The summed E-state index contributed by atoms with van der Waals surface area (Å²) >= 11 is 0. The van der Waals surface area contributed by atoms with E-state index in [1.54, 1.807) is 6.07 Å². The number of nitrogens with one attached hydrogen (secondary N) is 1. The average Bonchev–Trinajstić information content (AvgIpc) is 2.67. The SMILES string of the molecule is CN1CCN(c2ccc(CNC(=O)c3cccc([N+](=O)[O-])c3)cc2)CC1. The zero-order valence-electron chi connectivity index (χ0n) is 14.7. The summed E-state index contributed by atoms with van der Waals surface area (Å²) in [5.74, 6) is -0.322. The molecule has 0 saturated carbocycles. The van der Waals surface area contributed by atoms with Gasteiger partial charge in [-0.3, -0.25) is 14.9 Å². The summed E-state index contributed by atoms with van der Waals surface area (Å²) < 4.78 is 0. The maximum Gasteiger partial charge on any atom is 0.270 e. The fraction of sp³-hybridized carbons (Fsp3) is 0.316. The topological polar surface area (TPSA) is 78.7 Å². The maximum absolute atomic E-state index is 12.2. The summed E-state index contributed by atoms with van der Waals surface area (Å²) in [4.78, 5) is 27.2. The van der Waals surface area contributed by atoms with Crippen molar-refractivity contribution in [2.24, 2.45) is 0 Å². The van der Waals surface area contributed by atoms with E-state index in [0.29, 0.717) is 6.54 Å². The zero-order chi connectivity index (χ0) is 18.5. The summed E-state index contributed by atoms with van der Waals surface area (Å²) in [6, 6.07) is 13.9. The largest absolute Gasteiger partial charge is 0.369 e. The predicted molar refractivity (Wildman–Crippen MR) is 100 cm³/mol. The lowest BCUT2D eigenvalue weighted by atomic mass is 10.1. The van der Waals surface area contributed by atoms with E-state index >= 15 is 0 Å². The van der Waals surface area contributed by atoms with Crippen LogP contribution < -0.4 is 10.2 Å². The number of anilines is 1. The highest BCUT2D eigenvalue weighted by Crippen LogP contribution is 2.17. The van der Waals surface area contributed by atoms with Crippen LogP contribution in [0.2, 0.25) is 0 Å². The molecule has 1 aliphatic rings. The molecule has 3 rings (SSSR count). The van der Waals surface area contributed by atoms with Crippen molar-refractivity contribution in [3.8, 4) is 0 Å². The Kier molecular flexibility index (Phi) is 5.48. The molecule has 0 spiro atoms. The van der Waals surface area contributed by atoms with Crippen molar-refractivity contribution in [3.63, 3.8) is 0 Å². The third-order valence-electron chi connectivity index (χ3n) is 4.58. The molecular formula is C19H22N4O3. The van der Waals surface area contributed by atoms with E-state index in [4.69, 9.17) is 0 Å². The highest BCUT2D eigenvalue weighted by molar-refractivity contribution is 5.94. The minimum absolute atomic E-state index is 0.0887. The molecule has 136 valence electrons. The molecule has 26 heavy (non-hydrogen) atoms. The number of benzene rings is 2. The number of rotatable bonds is 5. The highest BCUT2D eigenvalue weighted by atomic mass is 16.6. The maximum atomic E-state index is 12.2. The number of nitro benzene ring substituents is 1. The Hall–Kier alpha value is -2.93. The first-order chi connectivity index (χ1) is 12.5. The molecule has 2 aromatic rings. The molecule has 0 bridgehead atoms. The molecule has 2 aromatic carbocycles. The van der Waals surface area contributed by atoms with Gasteiger partial charge in [-0.2, -0.15) is 0 Å². The highest BCUT2D eigenvalue weighted by Gasteiger charge is 2.14. The fourth-order valence-electron chi connectivity index (χ4n) is 2.93. The van der Waals surface area contributed by atoms with Crippen molar-refractivity contribution in [2.75, 3.05) is 38.1 Å². The smallest absolute Gasteiger partial charge is 0.270 e. The third-order valence-corrected chi connectivity index (χ3v) is 4.58. The van der Waals surface area contributed by atoms with Crippen molar-refractivity contribution >= 4 is 17.3 Å². The molecule has 7 nitrogen and oxygen atoms in total. The molecule has 0 atom stereocenters. The van der Waals surface area contributed by atoms with E-state index in [0.717, 1.165) is 31.7 Å². The van der Waals surface area contributed by atoms with Gasteiger partial charge in [-0.1, -0.05) is 18.2 Å². The molecule has 0 unspecified atom stereocenters. The van der Waals surface area contributed by atoms with Crippen molar-refractivity contribution < 1.29 is 9.72 Å². The van der Waals surface area contributed by atoms with Gasteiger partial charge in [0.05, 0.1) is 4.92 Å². The van der Waals surface area contributed by atoms with Crippen molar-refractivity contribution in [1.29, 1.82) is 0 Å². The molecule has 1 heterocycles. The standard InChI is InChI=1S/C19H22N4O3/c1-21-9-11-22(12-10-21)17-7-5-15(6-8-17)14-20-19(24)16-3-2-4-18(13-16)23(25)26/h2-8,13H,9-12,14H2,1H3,(H,20,24). The average molecular weight is 354 g/mol. The molecular weight excluding hydrogens is 332 g/mol. The van der Waals surface area contributed by atoms with E-state index in [9.17, 15) is 14.9 Å². The van der Waals surface area contributed by atoms with Crippen LogP contribution in [-0.4, -0.2) is 49.0 Å². The fourth-order valence-corrected chi connectivity index (χ4v) is 2.93. The Morgan fingerprint density at radius 2 is 1.81 bits per heavy atom. The Balaban J connectivity index is 1.57. The van der Waals surface area contributed by atoms with Gasteiger partial charge in [0.25, 0.3) is 11.6 Å². The third kappa shape index (κ3) is 4.37. The minimum Gasteiger partial charge on any atom is -0.369 e. The number of hydrogen-bond donors (Lipinski definition) is 1. The molecule has 7 heteroatoms. The number of non-ortho nitro benzene ring substituents is 1. The second-order valence-corrected chi connectivity index (χ2v) is 6.45. The summed E-state index contributed by atoms with van der Waals surface area (Å²) in [6.07, 6.45) is 0. The van der Waals surface area contributed by atoms with Gasteiger partial charge in [-0.15, -0.1) is 0 Å². The Morgan fingerprint density at radius 1 is 1.12 bits per heavy atom. The number of piperazine rings is 1. The first kappa shape index (κ1) is 17.9.